The summed E-state index contributed by atoms with van der Waals surface area (Å²) < 4.78 is 44.4. The van der Waals surface area contributed by atoms with Crippen molar-refractivity contribution >= 4 is 21.7 Å². The molecule has 10 atom stereocenters. The molecule has 1 aromatic carbocycles. The summed E-state index contributed by atoms with van der Waals surface area (Å²) in [6.45, 7) is 2.00. The summed E-state index contributed by atoms with van der Waals surface area (Å²) in [5.41, 5.74) is 1.47. The molecule has 2 saturated heterocycles. The summed E-state index contributed by atoms with van der Waals surface area (Å²) in [6.07, 6.45) is -15.4. The minimum absolute atomic E-state index is 0.0760. The Hall–Kier alpha value is -2.55. The molecular formula is C24H34N4O12S. The molecule has 0 spiro atoms. The van der Waals surface area contributed by atoms with Crippen LogP contribution in [0.2, 0.25) is 0 Å². The molecule has 2 aliphatic rings. The van der Waals surface area contributed by atoms with Gasteiger partial charge in [0.05, 0.1) is 18.1 Å². The zero-order valence-electron chi connectivity index (χ0n) is 22.0. The van der Waals surface area contributed by atoms with Crippen LogP contribution in [-0.2, 0) is 24.2 Å². The molecule has 2 aliphatic heterocycles. The third kappa shape index (κ3) is 6.92. The maximum Gasteiger partial charge on any atom is 0.264 e. The first-order chi connectivity index (χ1) is 19.3. The largest absolute Gasteiger partial charge is 0.394 e. The second-order valence-corrected chi connectivity index (χ2v) is 11.5. The van der Waals surface area contributed by atoms with E-state index in [1.54, 1.807) is 19.9 Å². The van der Waals surface area contributed by atoms with Crippen LogP contribution in [0.1, 0.15) is 11.4 Å². The predicted molar refractivity (Wildman–Crippen MR) is 139 cm³/mol. The first-order valence-corrected chi connectivity index (χ1v) is 14.1. The van der Waals surface area contributed by atoms with E-state index in [1.165, 1.54) is 24.3 Å². The molecule has 2 aromatic rings. The Morgan fingerprint density at radius 3 is 2.02 bits per heavy atom. The van der Waals surface area contributed by atoms with E-state index in [2.05, 4.69) is 20.0 Å². The molecule has 0 radical (unpaired) electrons. The lowest BCUT2D eigenvalue weighted by molar-refractivity contribution is -0.340. The van der Waals surface area contributed by atoms with Crippen LogP contribution in [0.3, 0.4) is 0 Å². The van der Waals surface area contributed by atoms with Crippen LogP contribution in [0.5, 0.6) is 0 Å². The number of ether oxygens (including phenoxy) is 3. The number of rotatable bonds is 9. The van der Waals surface area contributed by atoms with Crippen LogP contribution in [0.25, 0.3) is 0 Å². The molecule has 3 heterocycles. The number of benzene rings is 1. The normalized spacial score (nSPS) is 34.3. The van der Waals surface area contributed by atoms with Crippen molar-refractivity contribution in [3.8, 4) is 0 Å². The standard InChI is InChI=1S/C24H34N4O12S/c1-10-7-11(2)26-24(25-10)28-41(36,37)13-5-3-12(4-6-13)27-22-19(34)18(33)21(15(9-30)38-22)40-23-20(35)17(32)16(31)14(8-29)39-23/h3-7,14-23,27,29-35H,8-9H2,1-2H3,(H,25,26,28)/t14-,15-,16+,17+,18-,19-,20-,21-,22-,23+/m1/s1. The quantitative estimate of drug-likeness (QED) is 0.138. The van der Waals surface area contributed by atoms with Crippen molar-refractivity contribution in [2.45, 2.75) is 80.1 Å². The molecule has 0 unspecified atom stereocenters. The number of hydrogen-bond donors (Lipinski definition) is 9. The van der Waals surface area contributed by atoms with Crippen LogP contribution < -0.4 is 10.0 Å². The van der Waals surface area contributed by atoms with Crippen LogP contribution in [-0.4, -0.2) is 129 Å². The van der Waals surface area contributed by atoms with Gasteiger partial charge in [-0.3, -0.25) is 0 Å². The van der Waals surface area contributed by atoms with Crippen molar-refractivity contribution in [2.75, 3.05) is 23.3 Å². The fraction of sp³-hybridized carbons (Fsp3) is 0.583. The highest BCUT2D eigenvalue weighted by atomic mass is 32.2. The van der Waals surface area contributed by atoms with Gasteiger partial charge >= 0.3 is 0 Å². The summed E-state index contributed by atoms with van der Waals surface area (Å²) in [7, 11) is -4.02. The van der Waals surface area contributed by atoms with Crippen LogP contribution in [0.15, 0.2) is 35.2 Å². The highest BCUT2D eigenvalue weighted by molar-refractivity contribution is 7.92. The molecule has 16 nitrogen and oxygen atoms in total. The fourth-order valence-corrected chi connectivity index (χ4v) is 5.50. The Balaban J connectivity index is 1.42. The van der Waals surface area contributed by atoms with Crippen LogP contribution >= 0.6 is 0 Å². The fourth-order valence-electron chi connectivity index (χ4n) is 4.55. The van der Waals surface area contributed by atoms with Crippen LogP contribution in [0.4, 0.5) is 11.6 Å². The number of nitrogens with zero attached hydrogens (tertiary/aromatic N) is 2. The van der Waals surface area contributed by atoms with Crippen molar-refractivity contribution in [1.29, 1.82) is 0 Å². The van der Waals surface area contributed by atoms with Crippen molar-refractivity contribution in [2.24, 2.45) is 0 Å². The molecule has 41 heavy (non-hydrogen) atoms. The van der Waals surface area contributed by atoms with Gasteiger partial charge < -0.3 is 55.3 Å². The second-order valence-electron chi connectivity index (χ2n) is 9.81. The number of sulfonamides is 1. The first kappa shape index (κ1) is 31.4. The Morgan fingerprint density at radius 1 is 0.829 bits per heavy atom. The lowest BCUT2D eigenvalue weighted by atomic mass is 9.96. The molecule has 228 valence electrons. The molecule has 9 N–H and O–H groups in total. The van der Waals surface area contributed by atoms with Crippen molar-refractivity contribution in [3.05, 3.63) is 41.7 Å². The van der Waals surface area contributed by atoms with E-state index in [1.807, 2.05) is 0 Å². The van der Waals surface area contributed by atoms with Gasteiger partial charge in [0.25, 0.3) is 10.0 Å². The van der Waals surface area contributed by atoms with Gasteiger partial charge in [0.1, 0.15) is 48.8 Å². The van der Waals surface area contributed by atoms with E-state index >= 15 is 0 Å². The summed E-state index contributed by atoms with van der Waals surface area (Å²) >= 11 is 0. The molecular weight excluding hydrogens is 568 g/mol. The van der Waals surface area contributed by atoms with Crippen molar-refractivity contribution in [3.63, 3.8) is 0 Å². The maximum absolute atomic E-state index is 12.8. The molecule has 17 heteroatoms. The van der Waals surface area contributed by atoms with Crippen LogP contribution in [0, 0.1) is 13.8 Å². The van der Waals surface area contributed by atoms with Gasteiger partial charge in [0.15, 0.2) is 12.5 Å². The lowest BCUT2D eigenvalue weighted by Gasteiger charge is -2.46. The molecule has 0 bridgehead atoms. The zero-order chi connectivity index (χ0) is 30.1. The number of nitrogens with one attached hydrogen (secondary N) is 2. The average molecular weight is 603 g/mol. The van der Waals surface area contributed by atoms with E-state index in [9.17, 15) is 44.2 Å². The molecule has 2 fully saturated rings. The zero-order valence-corrected chi connectivity index (χ0v) is 22.9. The predicted octanol–water partition coefficient (Wildman–Crippen LogP) is -3.07. The SMILES string of the molecule is Cc1cc(C)nc(NS(=O)(=O)c2ccc(N[C@@H]3O[C@H](CO)[C@@H](O[C@@H]4O[C@H](CO)[C@H](O)[C@H](O)[C@H]4O)[C@H](O)[C@H]3O)cc2)n1. The van der Waals surface area contributed by atoms with Gasteiger partial charge in [0, 0.05) is 17.1 Å². The van der Waals surface area contributed by atoms with Gasteiger partial charge in [-0.1, -0.05) is 0 Å². The Labute approximate surface area is 235 Å². The number of aromatic nitrogens is 2. The molecule has 0 amide bonds. The summed E-state index contributed by atoms with van der Waals surface area (Å²) in [5.74, 6) is -0.0760. The Bertz CT molecular complexity index is 1260. The number of aliphatic hydroxyl groups excluding tert-OH is 7. The first-order valence-electron chi connectivity index (χ1n) is 12.6. The summed E-state index contributed by atoms with van der Waals surface area (Å²) in [6, 6.07) is 7.05. The van der Waals surface area contributed by atoms with Gasteiger partial charge in [-0.2, -0.15) is 0 Å². The van der Waals surface area contributed by atoms with E-state index in [-0.39, 0.29) is 10.8 Å². The van der Waals surface area contributed by atoms with E-state index in [4.69, 9.17) is 14.2 Å². The average Bonchev–Trinajstić information content (AvgIpc) is 2.92. The third-order valence-corrected chi connectivity index (χ3v) is 8.03. The van der Waals surface area contributed by atoms with Gasteiger partial charge in [0.2, 0.25) is 5.95 Å². The van der Waals surface area contributed by atoms with E-state index in [0.717, 1.165) is 0 Å². The smallest absolute Gasteiger partial charge is 0.264 e. The highest BCUT2D eigenvalue weighted by Crippen LogP contribution is 2.30. The van der Waals surface area contributed by atoms with E-state index < -0.39 is 84.6 Å². The molecule has 0 aliphatic carbocycles. The van der Waals surface area contributed by atoms with Crippen molar-refractivity contribution < 1.29 is 58.4 Å². The van der Waals surface area contributed by atoms with E-state index in [0.29, 0.717) is 17.1 Å². The molecule has 1 aromatic heterocycles. The van der Waals surface area contributed by atoms with Crippen molar-refractivity contribution in [1.82, 2.24) is 9.97 Å². The van der Waals surface area contributed by atoms with Gasteiger partial charge in [-0.15, -0.1) is 0 Å². The number of hydrogen-bond acceptors (Lipinski definition) is 15. The second kappa shape index (κ2) is 12.8. The third-order valence-electron chi connectivity index (χ3n) is 6.69. The Kier molecular flexibility index (Phi) is 9.77. The number of aryl methyl sites for hydroxylation is 2. The molecule has 4 rings (SSSR count). The minimum Gasteiger partial charge on any atom is -0.394 e. The van der Waals surface area contributed by atoms with Gasteiger partial charge in [-0.25, -0.2) is 23.1 Å². The Morgan fingerprint density at radius 2 is 1.44 bits per heavy atom. The summed E-state index contributed by atoms with van der Waals surface area (Å²) in [5, 5.41) is 73.7. The number of anilines is 2. The monoisotopic (exact) mass is 602 g/mol. The van der Waals surface area contributed by atoms with Gasteiger partial charge in [-0.05, 0) is 44.2 Å². The maximum atomic E-state index is 12.8. The molecule has 0 saturated carbocycles. The topological polar surface area (TPSA) is 253 Å². The lowest BCUT2D eigenvalue weighted by Crippen LogP contribution is -2.65. The minimum atomic E-state index is -4.02. The highest BCUT2D eigenvalue weighted by Gasteiger charge is 2.50. The number of aliphatic hydroxyl groups is 7. The summed E-state index contributed by atoms with van der Waals surface area (Å²) in [4.78, 5) is 8.03.